The summed E-state index contributed by atoms with van der Waals surface area (Å²) in [4.78, 5) is 13.3. The summed E-state index contributed by atoms with van der Waals surface area (Å²) in [6.07, 6.45) is 8.78. The largest absolute Gasteiger partial charge is 0.312 e. The van der Waals surface area contributed by atoms with Crippen molar-refractivity contribution in [1.29, 1.82) is 0 Å². The van der Waals surface area contributed by atoms with Gasteiger partial charge in [0.05, 0.1) is 12.0 Å². The smallest absolute Gasteiger partial charge is 0.163 e. The van der Waals surface area contributed by atoms with Gasteiger partial charge in [-0.15, -0.1) is 0 Å². The van der Waals surface area contributed by atoms with Crippen LogP contribution in [-0.4, -0.2) is 19.5 Å². The van der Waals surface area contributed by atoms with Crippen molar-refractivity contribution in [1.82, 2.24) is 19.5 Å². The normalized spacial score (nSPS) is 17.4. The van der Waals surface area contributed by atoms with Gasteiger partial charge in [-0.2, -0.15) is 0 Å². The van der Waals surface area contributed by atoms with Crippen molar-refractivity contribution in [2.45, 2.75) is 51.5 Å². The highest BCUT2D eigenvalue weighted by Gasteiger charge is 2.21. The Bertz CT molecular complexity index is 523. The van der Waals surface area contributed by atoms with Gasteiger partial charge >= 0.3 is 0 Å². The van der Waals surface area contributed by atoms with Gasteiger partial charge in [-0.05, 0) is 18.8 Å². The second-order valence-electron chi connectivity index (χ2n) is 5.18. The summed E-state index contributed by atoms with van der Waals surface area (Å²) in [5, 5.41) is 0. The summed E-state index contributed by atoms with van der Waals surface area (Å²) < 4.78 is 2.25. The van der Waals surface area contributed by atoms with Gasteiger partial charge in [0.25, 0.3) is 0 Å². The first-order valence-electron chi connectivity index (χ1n) is 6.45. The number of aromatic nitrogens is 4. The standard InChI is InChI=1S/C13H18N4/c1-9(2)11-12-13(15-7-14-11)17(8-16-12)10-5-3-4-6-10/h7-10H,3-6H2,1-2H3. The molecular formula is C13H18N4. The van der Waals surface area contributed by atoms with E-state index in [0.29, 0.717) is 12.0 Å². The fourth-order valence-corrected chi connectivity index (χ4v) is 2.74. The van der Waals surface area contributed by atoms with E-state index in [1.54, 1.807) is 6.33 Å². The third-order valence-electron chi connectivity index (χ3n) is 3.65. The predicted octanol–water partition coefficient (Wildman–Crippen LogP) is 3.06. The van der Waals surface area contributed by atoms with Crippen molar-refractivity contribution in [2.75, 3.05) is 0 Å². The van der Waals surface area contributed by atoms with Gasteiger partial charge in [-0.3, -0.25) is 0 Å². The van der Waals surface area contributed by atoms with Crippen molar-refractivity contribution in [3.63, 3.8) is 0 Å². The Hall–Kier alpha value is -1.45. The number of nitrogens with zero attached hydrogens (tertiary/aromatic N) is 4. The fourth-order valence-electron chi connectivity index (χ4n) is 2.74. The number of imidazole rings is 1. The minimum Gasteiger partial charge on any atom is -0.312 e. The van der Waals surface area contributed by atoms with Crippen LogP contribution in [0.5, 0.6) is 0 Å². The third kappa shape index (κ3) is 1.72. The summed E-state index contributed by atoms with van der Waals surface area (Å²) >= 11 is 0. The Morgan fingerprint density at radius 3 is 2.65 bits per heavy atom. The second-order valence-corrected chi connectivity index (χ2v) is 5.18. The lowest BCUT2D eigenvalue weighted by Crippen LogP contribution is -2.04. The maximum atomic E-state index is 4.52. The van der Waals surface area contributed by atoms with Crippen molar-refractivity contribution >= 4 is 11.2 Å². The number of hydrogen-bond donors (Lipinski definition) is 0. The Kier molecular flexibility index (Phi) is 2.57. The van der Waals surface area contributed by atoms with Crippen molar-refractivity contribution in [3.8, 4) is 0 Å². The summed E-state index contributed by atoms with van der Waals surface area (Å²) in [5.74, 6) is 0.396. The van der Waals surface area contributed by atoms with E-state index in [4.69, 9.17) is 0 Å². The molecule has 1 aliphatic carbocycles. The topological polar surface area (TPSA) is 43.6 Å². The van der Waals surface area contributed by atoms with E-state index < -0.39 is 0 Å². The molecule has 2 heterocycles. The summed E-state index contributed by atoms with van der Waals surface area (Å²) in [6, 6.07) is 0.593. The van der Waals surface area contributed by atoms with Crippen LogP contribution in [-0.2, 0) is 0 Å². The molecule has 2 aromatic heterocycles. The Morgan fingerprint density at radius 2 is 1.94 bits per heavy atom. The SMILES string of the molecule is CC(C)c1ncnc2c1ncn2C1CCCC1. The van der Waals surface area contributed by atoms with E-state index in [0.717, 1.165) is 16.9 Å². The van der Waals surface area contributed by atoms with Gasteiger partial charge < -0.3 is 4.57 Å². The summed E-state index contributed by atoms with van der Waals surface area (Å²) in [5.41, 5.74) is 3.05. The van der Waals surface area contributed by atoms with Gasteiger partial charge in [-0.1, -0.05) is 26.7 Å². The molecule has 0 saturated heterocycles. The van der Waals surface area contributed by atoms with Crippen LogP contribution >= 0.6 is 0 Å². The van der Waals surface area contributed by atoms with Gasteiger partial charge in [0, 0.05) is 6.04 Å². The fraction of sp³-hybridized carbons (Fsp3) is 0.615. The van der Waals surface area contributed by atoms with Crippen LogP contribution in [0.25, 0.3) is 11.2 Å². The molecule has 1 aliphatic rings. The molecule has 0 aliphatic heterocycles. The average molecular weight is 230 g/mol. The molecule has 0 atom stereocenters. The molecule has 1 saturated carbocycles. The van der Waals surface area contributed by atoms with Gasteiger partial charge in [0.1, 0.15) is 11.8 Å². The molecule has 0 spiro atoms. The Balaban J connectivity index is 2.12. The highest BCUT2D eigenvalue weighted by Crippen LogP contribution is 2.32. The highest BCUT2D eigenvalue weighted by molar-refractivity contribution is 5.73. The Morgan fingerprint density at radius 1 is 1.18 bits per heavy atom. The maximum absolute atomic E-state index is 4.52. The van der Waals surface area contributed by atoms with Crippen LogP contribution in [0.15, 0.2) is 12.7 Å². The van der Waals surface area contributed by atoms with Gasteiger partial charge in [0.15, 0.2) is 5.65 Å². The van der Waals surface area contributed by atoms with Crippen LogP contribution in [0.4, 0.5) is 0 Å². The average Bonchev–Trinajstić information content (AvgIpc) is 2.96. The predicted molar refractivity (Wildman–Crippen MR) is 66.9 cm³/mol. The molecule has 1 fully saturated rings. The van der Waals surface area contributed by atoms with E-state index in [1.165, 1.54) is 25.7 Å². The molecule has 3 rings (SSSR count). The molecule has 17 heavy (non-hydrogen) atoms. The molecule has 0 unspecified atom stereocenters. The lowest BCUT2D eigenvalue weighted by molar-refractivity contribution is 0.528. The van der Waals surface area contributed by atoms with Crippen LogP contribution in [0.2, 0.25) is 0 Å². The van der Waals surface area contributed by atoms with E-state index in [-0.39, 0.29) is 0 Å². The molecule has 0 bridgehead atoms. The molecule has 0 N–H and O–H groups in total. The molecule has 4 nitrogen and oxygen atoms in total. The maximum Gasteiger partial charge on any atom is 0.163 e. The lowest BCUT2D eigenvalue weighted by Gasteiger charge is -2.11. The van der Waals surface area contributed by atoms with Crippen molar-refractivity contribution in [2.24, 2.45) is 0 Å². The number of fused-ring (bicyclic) bond motifs is 1. The number of hydrogen-bond acceptors (Lipinski definition) is 3. The second kappa shape index (κ2) is 4.09. The van der Waals surface area contributed by atoms with E-state index in [2.05, 4.69) is 33.4 Å². The van der Waals surface area contributed by atoms with Gasteiger partial charge in [0.2, 0.25) is 0 Å². The minimum atomic E-state index is 0.396. The summed E-state index contributed by atoms with van der Waals surface area (Å²) in [7, 11) is 0. The monoisotopic (exact) mass is 230 g/mol. The van der Waals surface area contributed by atoms with Crippen LogP contribution in [0.3, 0.4) is 0 Å². The molecule has 90 valence electrons. The molecule has 0 amide bonds. The quantitative estimate of drug-likeness (QED) is 0.796. The first kappa shape index (κ1) is 10.7. The first-order valence-corrected chi connectivity index (χ1v) is 6.45. The van der Waals surface area contributed by atoms with Crippen LogP contribution in [0, 0.1) is 0 Å². The van der Waals surface area contributed by atoms with Crippen molar-refractivity contribution < 1.29 is 0 Å². The highest BCUT2D eigenvalue weighted by atomic mass is 15.1. The molecule has 4 heteroatoms. The van der Waals surface area contributed by atoms with E-state index >= 15 is 0 Å². The minimum absolute atomic E-state index is 0.396. The third-order valence-corrected chi connectivity index (χ3v) is 3.65. The van der Waals surface area contributed by atoms with Crippen LogP contribution in [0.1, 0.15) is 57.2 Å². The molecular weight excluding hydrogens is 212 g/mol. The zero-order valence-corrected chi connectivity index (χ0v) is 10.4. The van der Waals surface area contributed by atoms with E-state index in [9.17, 15) is 0 Å². The summed E-state index contributed by atoms with van der Waals surface area (Å²) in [6.45, 7) is 4.30. The molecule has 0 radical (unpaired) electrons. The Labute approximate surface area is 101 Å². The number of rotatable bonds is 2. The first-order chi connectivity index (χ1) is 8.27. The van der Waals surface area contributed by atoms with E-state index in [1.807, 2.05) is 6.33 Å². The lowest BCUT2D eigenvalue weighted by atomic mass is 10.1. The zero-order chi connectivity index (χ0) is 11.8. The zero-order valence-electron chi connectivity index (χ0n) is 10.4. The van der Waals surface area contributed by atoms with Crippen molar-refractivity contribution in [3.05, 3.63) is 18.3 Å². The molecule has 0 aromatic carbocycles. The van der Waals surface area contributed by atoms with Gasteiger partial charge in [-0.25, -0.2) is 15.0 Å². The van der Waals surface area contributed by atoms with Crippen LogP contribution < -0.4 is 0 Å². The molecule has 2 aromatic rings.